The number of halogens is 4. The maximum atomic E-state index is 15.4. The van der Waals surface area contributed by atoms with Crippen LogP contribution in [0.25, 0.3) is 11.1 Å². The van der Waals surface area contributed by atoms with E-state index in [2.05, 4.69) is 5.10 Å². The molecule has 1 aromatic heterocycles. The van der Waals surface area contributed by atoms with Crippen LogP contribution >= 0.6 is 23.2 Å². The van der Waals surface area contributed by atoms with Crippen molar-refractivity contribution in [2.75, 3.05) is 31.3 Å². The van der Waals surface area contributed by atoms with Crippen molar-refractivity contribution in [2.45, 2.75) is 25.6 Å². The van der Waals surface area contributed by atoms with E-state index in [-0.39, 0.29) is 51.5 Å². The molecular weight excluding hydrogens is 691 g/mol. The lowest BCUT2D eigenvalue weighted by atomic mass is 9.99. The number of rotatable bonds is 11. The monoisotopic (exact) mass is 725 g/mol. The van der Waals surface area contributed by atoms with Crippen molar-refractivity contribution in [3.63, 3.8) is 0 Å². The highest BCUT2D eigenvalue weighted by Gasteiger charge is 2.35. The van der Waals surface area contributed by atoms with Gasteiger partial charge in [-0.15, -0.1) is 0 Å². The third kappa shape index (κ3) is 7.30. The highest BCUT2D eigenvalue weighted by atomic mass is 35.5. The zero-order valence-electron chi connectivity index (χ0n) is 30.3. The molecule has 0 saturated heterocycles. The fraction of sp³-hybridized carbons (Fsp3) is 0.216. The van der Waals surface area contributed by atoms with Crippen LogP contribution in [0.3, 0.4) is 0 Å². The van der Waals surface area contributed by atoms with Crippen molar-refractivity contribution in [1.82, 2.24) is 9.78 Å². The average Bonchev–Trinajstić information content (AvgIpc) is 3.62. The molecule has 1 amide bonds. The van der Waals surface area contributed by atoms with Crippen molar-refractivity contribution < 1.29 is 43.2 Å². The van der Waals surface area contributed by atoms with Crippen molar-refractivity contribution in [3.05, 3.63) is 129 Å². The van der Waals surface area contributed by atoms with E-state index in [4.69, 9.17) is 42.9 Å². The maximum Gasteiger partial charge on any atom is 0.415 e. The Labute approximate surface area is 302 Å². The summed E-state index contributed by atoms with van der Waals surface area (Å²) in [5, 5.41) is 15.0. The molecule has 0 saturated carbocycles. The number of ether oxygens (including phenoxy) is 3. The molecule has 6 rings (SSSR count). The number of fused-ring (bicyclic) bond motifs is 1. The number of hydrogen-bond acceptors (Lipinski definition) is 7. The zero-order chi connectivity index (χ0) is 38.9. The summed E-state index contributed by atoms with van der Waals surface area (Å²) in [5.41, 5.74) is 1.41. The largest absolute Gasteiger partial charge is 0.490 e. The maximum absolute atomic E-state index is 15.4. The number of Topliss-reactive ketones (excluding diaryl/α,β-unsaturated/α-hetero) is 1. The van der Waals surface area contributed by atoms with Crippen LogP contribution in [0.5, 0.6) is 11.5 Å². The zero-order valence-corrected chi connectivity index (χ0v) is 27.8. The first-order valence-electron chi connectivity index (χ1n) is 17.2. The van der Waals surface area contributed by atoms with E-state index >= 15 is 4.39 Å². The van der Waals surface area contributed by atoms with Crippen LogP contribution < -0.4 is 14.4 Å². The molecule has 2 unspecified atom stereocenters. The van der Waals surface area contributed by atoms with Gasteiger partial charge in [0, 0.05) is 44.1 Å². The molecule has 5 aromatic rings. The van der Waals surface area contributed by atoms with Crippen LogP contribution in [0.15, 0.2) is 91.3 Å². The number of aromatic nitrogens is 2. The number of hydrogen-bond donors (Lipinski definition) is 1. The summed E-state index contributed by atoms with van der Waals surface area (Å²) in [6.45, 7) is -6.67. The Kier molecular flexibility index (Phi) is 9.14. The molecular formula is C37H31Cl2F2N3O6. The second-order valence-corrected chi connectivity index (χ2v) is 12.0. The highest BCUT2D eigenvalue weighted by molar-refractivity contribution is 6.32. The summed E-state index contributed by atoms with van der Waals surface area (Å²) in [6.07, 6.45) is 0.0601. The molecule has 9 nitrogen and oxygen atoms in total. The molecule has 0 aliphatic carbocycles. The molecule has 50 heavy (non-hydrogen) atoms. The molecule has 1 aliphatic rings. The van der Waals surface area contributed by atoms with Gasteiger partial charge in [-0.2, -0.15) is 5.10 Å². The Bertz CT molecular complexity index is 2190. The Balaban J connectivity index is 1.22. The van der Waals surface area contributed by atoms with Gasteiger partial charge in [0.2, 0.25) is 0 Å². The molecule has 4 aromatic carbocycles. The summed E-state index contributed by atoms with van der Waals surface area (Å²) in [4.78, 5) is 27.3. The van der Waals surface area contributed by atoms with Crippen LogP contribution in [0.4, 0.5) is 19.3 Å². The predicted octanol–water partition coefficient (Wildman–Crippen LogP) is 8.02. The van der Waals surface area contributed by atoms with Gasteiger partial charge < -0.3 is 19.3 Å². The third-order valence-electron chi connectivity index (χ3n) is 8.03. The molecule has 0 fully saturated rings. The van der Waals surface area contributed by atoms with E-state index < -0.39 is 49.6 Å². The molecule has 2 atom stereocenters. The SMILES string of the molecule is [2H]C([2H])(OC(=O)N1c2cccc(-c3cnn(Cc4c(F)cc(C(=O)C(O)c5ccccc5)cc4Cl)c3)c2OCC1CF)C([2H])([2H])Oc1cccc(Cl)c1C. The van der Waals surface area contributed by atoms with E-state index in [1.165, 1.54) is 41.2 Å². The normalized spacial score (nSPS) is 16.2. The van der Waals surface area contributed by atoms with Crippen molar-refractivity contribution >= 4 is 40.8 Å². The summed E-state index contributed by atoms with van der Waals surface area (Å²) in [5.74, 6) is -1.51. The predicted molar refractivity (Wildman–Crippen MR) is 185 cm³/mol. The van der Waals surface area contributed by atoms with Gasteiger partial charge in [-0.05, 0) is 42.8 Å². The number of anilines is 1. The molecule has 258 valence electrons. The number of ketones is 1. The minimum Gasteiger partial charge on any atom is -0.490 e. The van der Waals surface area contributed by atoms with Crippen LogP contribution in [-0.2, 0) is 11.3 Å². The van der Waals surface area contributed by atoms with E-state index in [9.17, 15) is 19.1 Å². The van der Waals surface area contributed by atoms with Gasteiger partial charge in [0.05, 0.1) is 23.9 Å². The fourth-order valence-electron chi connectivity index (χ4n) is 5.39. The Morgan fingerprint density at radius 2 is 1.86 bits per heavy atom. The van der Waals surface area contributed by atoms with Gasteiger partial charge in [-0.3, -0.25) is 14.4 Å². The molecule has 2 heterocycles. The van der Waals surface area contributed by atoms with Crippen LogP contribution in [0.1, 0.15) is 38.6 Å². The number of carbonyl (C=O) groups is 2. The molecule has 1 aliphatic heterocycles. The van der Waals surface area contributed by atoms with Gasteiger partial charge in [-0.25, -0.2) is 13.6 Å². The summed E-state index contributed by atoms with van der Waals surface area (Å²) in [7, 11) is 0. The topological polar surface area (TPSA) is 103 Å². The van der Waals surface area contributed by atoms with Gasteiger partial charge in [0.25, 0.3) is 0 Å². The summed E-state index contributed by atoms with van der Waals surface area (Å²) in [6, 6.07) is 18.2. The lowest BCUT2D eigenvalue weighted by Gasteiger charge is -2.35. The molecule has 0 spiro atoms. The average molecular weight is 727 g/mol. The van der Waals surface area contributed by atoms with Crippen LogP contribution in [0, 0.1) is 12.7 Å². The Hall–Kier alpha value is -4.97. The lowest BCUT2D eigenvalue weighted by molar-refractivity contribution is 0.0747. The van der Waals surface area contributed by atoms with Gasteiger partial charge >= 0.3 is 6.09 Å². The lowest BCUT2D eigenvalue weighted by Crippen LogP contribution is -2.48. The van der Waals surface area contributed by atoms with Gasteiger partial charge in [-0.1, -0.05) is 71.7 Å². The first-order chi connectivity index (χ1) is 25.6. The third-order valence-corrected chi connectivity index (χ3v) is 8.77. The van der Waals surface area contributed by atoms with Gasteiger partial charge in [0.1, 0.15) is 50.1 Å². The van der Waals surface area contributed by atoms with Crippen molar-refractivity contribution in [3.8, 4) is 22.6 Å². The smallest absolute Gasteiger partial charge is 0.415 e. The first kappa shape index (κ1) is 29.9. The number of alkyl halides is 1. The molecule has 1 N–H and O–H groups in total. The second-order valence-electron chi connectivity index (χ2n) is 11.2. The van der Waals surface area contributed by atoms with E-state index in [1.54, 1.807) is 55.6 Å². The molecule has 0 radical (unpaired) electrons. The number of carbonyl (C=O) groups excluding carboxylic acids is 2. The minimum atomic E-state index is -3.37. The van der Waals surface area contributed by atoms with Crippen molar-refractivity contribution in [2.24, 2.45) is 0 Å². The van der Waals surface area contributed by atoms with Crippen molar-refractivity contribution in [1.29, 1.82) is 0 Å². The molecule has 13 heteroatoms. The number of aliphatic hydroxyl groups is 1. The van der Waals surface area contributed by atoms with Crippen LogP contribution in [0.2, 0.25) is 10.0 Å². The summed E-state index contributed by atoms with van der Waals surface area (Å²) >= 11 is 12.5. The van der Waals surface area contributed by atoms with E-state index in [0.717, 1.165) is 11.0 Å². The minimum absolute atomic E-state index is 0.00847. The second kappa shape index (κ2) is 15.3. The fourth-order valence-corrected chi connectivity index (χ4v) is 5.82. The molecule has 0 bridgehead atoms. The highest BCUT2D eigenvalue weighted by Crippen LogP contribution is 2.42. The van der Waals surface area contributed by atoms with Gasteiger partial charge in [0.15, 0.2) is 11.5 Å². The van der Waals surface area contributed by atoms with E-state index in [1.807, 2.05) is 0 Å². The standard InChI is InChI=1S/C37H31Cl2F2N3O6/c1-22-29(38)10-6-12-33(22)48-13-14-49-37(47)44-26(17-40)21-50-36-27(9-5-11-32(36)44)25-18-42-43(19-25)20-28-30(39)15-24(16-31(28)41)35(46)34(45)23-7-3-2-4-8-23/h2-12,15-16,18-19,26,34,45H,13-14,17,20-21H2,1H3/i13D2,14D2. The quantitative estimate of drug-likeness (QED) is 0.138. The number of nitrogens with zero attached hydrogens (tertiary/aromatic N) is 3. The Morgan fingerprint density at radius 1 is 1.08 bits per heavy atom. The number of para-hydroxylation sites is 1. The number of aliphatic hydroxyl groups excluding tert-OH is 1. The number of amides is 1. The Morgan fingerprint density at radius 3 is 2.62 bits per heavy atom. The van der Waals surface area contributed by atoms with Crippen LogP contribution in [-0.4, -0.2) is 59.2 Å². The first-order valence-corrected chi connectivity index (χ1v) is 15.9. The van der Waals surface area contributed by atoms with E-state index in [0.29, 0.717) is 22.3 Å². The number of benzene rings is 4. The summed E-state index contributed by atoms with van der Waals surface area (Å²) < 4.78 is 80.4.